The van der Waals surface area contributed by atoms with Crippen LogP contribution >= 0.6 is 0 Å². The Morgan fingerprint density at radius 1 is 0.946 bits per heavy atom. The minimum absolute atomic E-state index is 0.0788. The van der Waals surface area contributed by atoms with Crippen LogP contribution in [0.1, 0.15) is 58.5 Å². The quantitative estimate of drug-likeness (QED) is 0.372. The smallest absolute Gasteiger partial charge is 0.335 e. The molecule has 0 atom stereocenters. The van der Waals surface area contributed by atoms with Crippen molar-refractivity contribution in [3.63, 3.8) is 0 Å². The van der Waals surface area contributed by atoms with Crippen molar-refractivity contribution in [1.82, 2.24) is 4.90 Å². The number of rotatable bonds is 11. The lowest BCUT2D eigenvalue weighted by atomic mass is 10.1. The van der Waals surface area contributed by atoms with Gasteiger partial charge in [-0.2, -0.15) is 0 Å². The Balaban J connectivity index is 1.72. The predicted octanol–water partition coefficient (Wildman–Crippen LogP) is 5.20. The number of hydrogen-bond donors (Lipinski definition) is 1. The molecule has 1 fully saturated rings. The van der Waals surface area contributed by atoms with Crippen molar-refractivity contribution in [2.75, 3.05) is 6.61 Å². The van der Waals surface area contributed by atoms with Crippen LogP contribution in [0, 0.1) is 5.92 Å². The molecule has 8 heteroatoms. The summed E-state index contributed by atoms with van der Waals surface area (Å²) in [5, 5.41) is 8.58. The summed E-state index contributed by atoms with van der Waals surface area (Å²) in [5.74, 6) is -0.573. The molecule has 4 rings (SSSR count). The van der Waals surface area contributed by atoms with Gasteiger partial charge in [0, 0.05) is 13.1 Å². The highest BCUT2D eigenvalue weighted by atomic mass is 32.2. The molecule has 0 heterocycles. The van der Waals surface area contributed by atoms with E-state index in [1.807, 2.05) is 30.3 Å². The van der Waals surface area contributed by atoms with Crippen LogP contribution in [0.2, 0.25) is 0 Å². The van der Waals surface area contributed by atoms with Crippen molar-refractivity contribution < 1.29 is 27.9 Å². The van der Waals surface area contributed by atoms with Gasteiger partial charge in [0.05, 0.1) is 27.9 Å². The summed E-state index contributed by atoms with van der Waals surface area (Å²) in [6.07, 6.45) is 2.16. The first-order chi connectivity index (χ1) is 17.6. The Morgan fingerprint density at radius 2 is 1.57 bits per heavy atom. The summed E-state index contributed by atoms with van der Waals surface area (Å²) >= 11 is 0. The lowest BCUT2D eigenvalue weighted by molar-refractivity contribution is 0.0692. The van der Waals surface area contributed by atoms with Crippen LogP contribution in [-0.2, 0) is 22.9 Å². The summed E-state index contributed by atoms with van der Waals surface area (Å²) in [6, 6.07) is 20.4. The van der Waals surface area contributed by atoms with Crippen LogP contribution in [0.25, 0.3) is 0 Å². The number of carboxylic acids is 1. The van der Waals surface area contributed by atoms with Crippen molar-refractivity contribution in [2.24, 2.45) is 5.92 Å². The minimum atomic E-state index is -3.61. The number of ether oxygens (including phenoxy) is 1. The Bertz CT molecular complexity index is 1360. The Kier molecular flexibility index (Phi) is 7.97. The summed E-state index contributed by atoms with van der Waals surface area (Å²) in [7, 11) is -3.61. The molecule has 0 aromatic heterocycles. The van der Waals surface area contributed by atoms with Gasteiger partial charge in [-0.3, -0.25) is 4.79 Å². The third-order valence-corrected chi connectivity index (χ3v) is 8.53. The van der Waals surface area contributed by atoms with Crippen LogP contribution in [0.15, 0.2) is 77.7 Å². The van der Waals surface area contributed by atoms with Gasteiger partial charge < -0.3 is 14.7 Å². The second-order valence-corrected chi connectivity index (χ2v) is 12.2. The molecular weight excluding hydrogens is 490 g/mol. The molecule has 1 saturated carbocycles. The molecule has 3 aromatic carbocycles. The fourth-order valence-corrected chi connectivity index (χ4v) is 4.97. The molecule has 0 spiro atoms. The van der Waals surface area contributed by atoms with E-state index < -0.39 is 21.1 Å². The van der Waals surface area contributed by atoms with Crippen molar-refractivity contribution in [1.29, 1.82) is 0 Å². The molecule has 7 nitrogen and oxygen atoms in total. The molecule has 0 unspecified atom stereocenters. The normalized spacial score (nSPS) is 13.4. The van der Waals surface area contributed by atoms with E-state index >= 15 is 0 Å². The van der Waals surface area contributed by atoms with Crippen LogP contribution in [0.4, 0.5) is 0 Å². The molecule has 3 aromatic rings. The van der Waals surface area contributed by atoms with Crippen LogP contribution in [0.3, 0.4) is 0 Å². The van der Waals surface area contributed by atoms with Crippen LogP contribution in [-0.4, -0.2) is 42.2 Å². The van der Waals surface area contributed by atoms with Crippen LogP contribution in [0.5, 0.6) is 5.75 Å². The van der Waals surface area contributed by atoms with Gasteiger partial charge >= 0.3 is 5.97 Å². The van der Waals surface area contributed by atoms with E-state index in [4.69, 9.17) is 4.74 Å². The topological polar surface area (TPSA) is 101 Å². The van der Waals surface area contributed by atoms with Gasteiger partial charge in [-0.15, -0.1) is 0 Å². The van der Waals surface area contributed by atoms with E-state index in [1.165, 1.54) is 24.3 Å². The first-order valence-electron chi connectivity index (χ1n) is 12.3. The molecule has 194 valence electrons. The van der Waals surface area contributed by atoms with E-state index in [1.54, 1.807) is 36.9 Å². The summed E-state index contributed by atoms with van der Waals surface area (Å²) in [5.41, 5.74) is 2.01. The van der Waals surface area contributed by atoms with Gasteiger partial charge in [0.15, 0.2) is 9.84 Å². The third-order valence-electron chi connectivity index (χ3n) is 6.38. The van der Waals surface area contributed by atoms with E-state index in [2.05, 4.69) is 0 Å². The minimum Gasteiger partial charge on any atom is -0.492 e. The molecule has 37 heavy (non-hydrogen) atoms. The number of hydrogen-bond acceptors (Lipinski definition) is 5. The Hall–Kier alpha value is -3.65. The Morgan fingerprint density at radius 3 is 2.14 bits per heavy atom. The molecule has 0 aliphatic heterocycles. The lowest BCUT2D eigenvalue weighted by Gasteiger charge is -2.25. The zero-order chi connectivity index (χ0) is 26.6. The van der Waals surface area contributed by atoms with Crippen molar-refractivity contribution in [3.8, 4) is 5.75 Å². The van der Waals surface area contributed by atoms with E-state index in [0.29, 0.717) is 18.3 Å². The van der Waals surface area contributed by atoms with Gasteiger partial charge in [0.2, 0.25) is 0 Å². The number of sulfone groups is 1. The van der Waals surface area contributed by atoms with Gasteiger partial charge in [-0.05, 0) is 74.1 Å². The number of amides is 1. The first kappa shape index (κ1) is 26.4. The predicted molar refractivity (Wildman–Crippen MR) is 140 cm³/mol. The highest BCUT2D eigenvalue weighted by Crippen LogP contribution is 2.32. The van der Waals surface area contributed by atoms with E-state index in [-0.39, 0.29) is 35.0 Å². The maximum absolute atomic E-state index is 14.0. The monoisotopic (exact) mass is 521 g/mol. The maximum Gasteiger partial charge on any atom is 0.335 e. The molecule has 1 aliphatic rings. The molecule has 0 radical (unpaired) electrons. The van der Waals surface area contributed by atoms with Gasteiger partial charge in [0.1, 0.15) is 5.75 Å². The molecule has 0 saturated heterocycles. The van der Waals surface area contributed by atoms with Crippen LogP contribution < -0.4 is 4.74 Å². The number of carbonyl (C=O) groups excluding carboxylic acids is 1. The SMILES string of the molecule is CC(C)S(=O)(=O)c1ccc(OCC2CC2)c(C(=O)N(Cc2ccccc2)Cc2ccc(C(=O)O)cc2)c1. The molecule has 1 aliphatic carbocycles. The number of carbonyl (C=O) groups is 2. The average molecular weight is 522 g/mol. The Labute approximate surface area is 217 Å². The highest BCUT2D eigenvalue weighted by molar-refractivity contribution is 7.92. The zero-order valence-electron chi connectivity index (χ0n) is 21.0. The van der Waals surface area contributed by atoms with Crippen molar-refractivity contribution in [3.05, 3.63) is 95.1 Å². The second-order valence-electron chi connectivity index (χ2n) is 9.65. The fraction of sp³-hybridized carbons (Fsp3) is 0.310. The fourth-order valence-electron chi connectivity index (χ4n) is 3.89. The highest BCUT2D eigenvalue weighted by Gasteiger charge is 2.28. The lowest BCUT2D eigenvalue weighted by Crippen LogP contribution is -2.31. The average Bonchev–Trinajstić information content (AvgIpc) is 3.72. The van der Waals surface area contributed by atoms with Gasteiger partial charge in [0.25, 0.3) is 5.91 Å². The molecule has 1 amide bonds. The number of nitrogens with zero attached hydrogens (tertiary/aromatic N) is 1. The van der Waals surface area contributed by atoms with E-state index in [0.717, 1.165) is 24.0 Å². The molecular formula is C29H31NO6S. The zero-order valence-corrected chi connectivity index (χ0v) is 21.8. The standard InChI is InChI=1S/C29H31NO6S/c1-20(2)37(34,35)25-14-15-27(36-19-23-8-9-23)26(16-25)28(31)30(17-21-6-4-3-5-7-21)18-22-10-12-24(13-11-22)29(32)33/h3-7,10-16,20,23H,8-9,17-19H2,1-2H3,(H,32,33). The number of benzene rings is 3. The second kappa shape index (κ2) is 11.2. The van der Waals surface area contributed by atoms with Gasteiger partial charge in [-0.1, -0.05) is 42.5 Å². The number of aromatic carboxylic acids is 1. The maximum atomic E-state index is 14.0. The van der Waals surface area contributed by atoms with Crippen molar-refractivity contribution >= 4 is 21.7 Å². The number of carboxylic acid groups (broad SMARTS) is 1. The van der Waals surface area contributed by atoms with E-state index in [9.17, 15) is 23.1 Å². The summed E-state index contributed by atoms with van der Waals surface area (Å²) in [6.45, 7) is 4.18. The summed E-state index contributed by atoms with van der Waals surface area (Å²) in [4.78, 5) is 27.0. The molecule has 1 N–H and O–H groups in total. The third kappa shape index (κ3) is 6.57. The van der Waals surface area contributed by atoms with Gasteiger partial charge in [-0.25, -0.2) is 13.2 Å². The van der Waals surface area contributed by atoms with Crippen molar-refractivity contribution in [2.45, 2.75) is 49.9 Å². The first-order valence-corrected chi connectivity index (χ1v) is 13.9. The molecule has 0 bridgehead atoms. The summed E-state index contributed by atoms with van der Waals surface area (Å²) < 4.78 is 31.8. The largest absolute Gasteiger partial charge is 0.492 e.